The van der Waals surface area contributed by atoms with Gasteiger partial charge in [-0.15, -0.1) is 27.6 Å². The summed E-state index contributed by atoms with van der Waals surface area (Å²) in [6, 6.07) is 31.8. The summed E-state index contributed by atoms with van der Waals surface area (Å²) in [6.45, 7) is 4.55. The average Bonchev–Trinajstić information content (AvgIpc) is 3.25. The van der Waals surface area contributed by atoms with Crippen LogP contribution in [0, 0.1) is 0 Å². The molecular weight excluding hydrogens is 563 g/mol. The molecule has 0 saturated heterocycles. The molecule has 7 heteroatoms. The topological polar surface area (TPSA) is 26.7 Å². The van der Waals surface area contributed by atoms with Crippen LogP contribution in [-0.4, -0.2) is 39.5 Å². The number of halogens is 2. The van der Waals surface area contributed by atoms with Gasteiger partial charge in [0, 0.05) is 39.6 Å². The van der Waals surface area contributed by atoms with Gasteiger partial charge >= 0.3 is 51.3 Å². The molecule has 0 aliphatic carbocycles. The second-order valence-electron chi connectivity index (χ2n) is 9.32. The molecule has 5 aromatic carbocycles. The van der Waals surface area contributed by atoms with E-state index in [1.54, 1.807) is 12.1 Å². The van der Waals surface area contributed by atoms with Crippen molar-refractivity contribution in [2.24, 2.45) is 0 Å². The number of aromatic hydroxyl groups is 1. The van der Waals surface area contributed by atoms with Crippen molar-refractivity contribution in [2.45, 2.75) is 25.9 Å². The van der Waals surface area contributed by atoms with E-state index in [9.17, 15) is 0 Å². The maximum atomic E-state index is 9.13. The molecule has 0 atom stereocenters. The molecule has 200 valence electrons. The Morgan fingerprint density at radius 1 is 0.684 bits per heavy atom. The number of phenolic OH excluding ortho intramolecular Hbond substituents is 1. The smallest absolute Gasteiger partial charge is 0.116 e. The van der Waals surface area contributed by atoms with Crippen LogP contribution in [-0.2, 0) is 19.2 Å². The Bertz CT molecular complexity index is 1400. The summed E-state index contributed by atoms with van der Waals surface area (Å²) >= 11 is 2.38. The van der Waals surface area contributed by atoms with Crippen molar-refractivity contribution in [3.8, 4) is 5.75 Å². The zero-order chi connectivity index (χ0) is 26.2. The average molecular weight is 601 g/mol. The zero-order valence-corrected chi connectivity index (χ0v) is 27.2. The first kappa shape index (κ1) is 33.9. The van der Waals surface area contributed by atoms with E-state index < -0.39 is 0 Å². The number of anilines is 2. The Morgan fingerprint density at radius 3 is 1.58 bits per heavy atom. The molecule has 0 aliphatic heterocycles. The molecule has 5 aromatic rings. The number of benzene rings is 4. The van der Waals surface area contributed by atoms with Gasteiger partial charge in [0.05, 0.1) is 0 Å². The largest absolute Gasteiger partial charge is 1.00 e. The maximum Gasteiger partial charge on any atom is 0.116 e. The minimum absolute atomic E-state index is 0. The standard InChI is InChI=1S/C17H19N2.C10H8O.C4H10Si.2ClH.Ti/c1-18(2)14-5-7-16-12(10-14)9-13-11-15(19(3)4)6-8-17(13)16;11-10-6-5-8-3-1-2-4-9(8)7-10;1-3-5-4-2;;;/h5-11H,1-4H3;1-7,11H;3-4H2,1-2H3;2*1H;/q-1;;;;;+2/p-2. The van der Waals surface area contributed by atoms with Gasteiger partial charge in [-0.2, -0.15) is 0 Å². The normalized spacial score (nSPS) is 9.89. The van der Waals surface area contributed by atoms with Crippen LogP contribution in [0.4, 0.5) is 11.4 Å². The number of hydrogen-bond donors (Lipinski definition) is 1. The van der Waals surface area contributed by atoms with Gasteiger partial charge in [-0.05, 0) is 22.9 Å². The number of phenols is 1. The minimum Gasteiger partial charge on any atom is -1.00 e. The Balaban J connectivity index is 0.000000324. The number of hydrogen-bond acceptors (Lipinski definition) is 3. The molecule has 0 aliphatic rings. The fourth-order valence-corrected chi connectivity index (χ4v) is 4.48. The third-order valence-corrected chi connectivity index (χ3v) is 11.3. The zero-order valence-electron chi connectivity index (χ0n) is 23.1. The first-order chi connectivity index (χ1) is 17.2. The molecule has 0 bridgehead atoms. The van der Waals surface area contributed by atoms with E-state index in [0.717, 1.165) is 10.8 Å². The predicted octanol–water partition coefficient (Wildman–Crippen LogP) is 1.96. The third-order valence-electron chi connectivity index (χ3n) is 6.29. The molecular formula is C31H37Cl2N2OSiTi-. The quantitative estimate of drug-likeness (QED) is 0.253. The van der Waals surface area contributed by atoms with E-state index in [0.29, 0.717) is 5.75 Å². The van der Waals surface area contributed by atoms with E-state index in [1.165, 1.54) is 45.0 Å². The van der Waals surface area contributed by atoms with Gasteiger partial charge in [-0.3, -0.25) is 0 Å². The second kappa shape index (κ2) is 16.1. The summed E-state index contributed by atoms with van der Waals surface area (Å²) in [5.41, 5.74) is 2.49. The molecule has 3 nitrogen and oxygen atoms in total. The van der Waals surface area contributed by atoms with E-state index in [1.807, 2.05) is 30.3 Å². The fourth-order valence-electron chi connectivity index (χ4n) is 3.98. The van der Waals surface area contributed by atoms with E-state index >= 15 is 0 Å². The molecule has 0 heterocycles. The minimum atomic E-state index is 0. The van der Waals surface area contributed by atoms with E-state index in [-0.39, 0.29) is 31.0 Å². The summed E-state index contributed by atoms with van der Waals surface area (Å²) in [5, 5.41) is 16.7. The Hall–Kier alpha value is -2.08. The van der Waals surface area contributed by atoms with Crippen LogP contribution in [0.5, 0.6) is 5.75 Å². The summed E-state index contributed by atoms with van der Waals surface area (Å²) in [4.78, 5) is 4.28. The molecule has 0 aromatic heterocycles. The number of nitrogens with zero attached hydrogens (tertiary/aromatic N) is 2. The van der Waals surface area contributed by atoms with Crippen molar-refractivity contribution >= 4 is 49.9 Å². The summed E-state index contributed by atoms with van der Waals surface area (Å²) in [6.07, 6.45) is 0.132. The van der Waals surface area contributed by atoms with Gasteiger partial charge in [0.25, 0.3) is 0 Å². The van der Waals surface area contributed by atoms with Crippen molar-refractivity contribution in [3.63, 3.8) is 0 Å². The van der Waals surface area contributed by atoms with Gasteiger partial charge in [-0.25, -0.2) is 0 Å². The van der Waals surface area contributed by atoms with Crippen LogP contribution in [0.15, 0.2) is 84.9 Å². The predicted molar refractivity (Wildman–Crippen MR) is 158 cm³/mol. The number of rotatable bonds is 4. The van der Waals surface area contributed by atoms with Gasteiger partial charge in [0.2, 0.25) is 0 Å². The van der Waals surface area contributed by atoms with Crippen molar-refractivity contribution in [3.05, 3.63) is 84.9 Å². The molecule has 38 heavy (non-hydrogen) atoms. The summed E-state index contributed by atoms with van der Waals surface area (Å²) in [7, 11) is 8.31. The second-order valence-corrected chi connectivity index (χ2v) is 15.3. The van der Waals surface area contributed by atoms with E-state index in [4.69, 9.17) is 5.11 Å². The molecule has 5 rings (SSSR count). The van der Waals surface area contributed by atoms with Crippen LogP contribution in [0.25, 0.3) is 32.3 Å². The fraction of sp³-hybridized carbons (Fsp3) is 0.258. The van der Waals surface area contributed by atoms with Crippen molar-refractivity contribution in [2.75, 3.05) is 38.0 Å². The number of fused-ring (bicyclic) bond motifs is 4. The maximum absolute atomic E-state index is 9.13. The SMILES string of the molecule is CC[Si](=[Ti+2])CC.CN(C)c1ccc2c(c1)[cH-]c1cc(N(C)C)ccc12.Oc1ccc2ccccc2c1.[Cl-].[Cl-]. The molecule has 0 fully saturated rings. The molecule has 0 radical (unpaired) electrons. The van der Waals surface area contributed by atoms with Gasteiger partial charge in [0.15, 0.2) is 0 Å². The molecule has 0 amide bonds. The van der Waals surface area contributed by atoms with Gasteiger partial charge < -0.3 is 39.7 Å². The van der Waals surface area contributed by atoms with Crippen LogP contribution in [0.3, 0.4) is 0 Å². The van der Waals surface area contributed by atoms with Crippen molar-refractivity contribution in [1.29, 1.82) is 0 Å². The molecule has 1 N–H and O–H groups in total. The Morgan fingerprint density at radius 2 is 1.16 bits per heavy atom. The summed E-state index contributed by atoms with van der Waals surface area (Å²) in [5.74, 6) is 0.323. The Labute approximate surface area is 252 Å². The first-order valence-electron chi connectivity index (χ1n) is 12.4. The van der Waals surface area contributed by atoms with Crippen molar-refractivity contribution < 1.29 is 49.1 Å². The van der Waals surface area contributed by atoms with E-state index in [2.05, 4.69) is 113 Å². The van der Waals surface area contributed by atoms with Gasteiger partial charge in [0.1, 0.15) is 5.75 Å². The molecule has 0 unspecified atom stereocenters. The molecule has 0 spiro atoms. The summed E-state index contributed by atoms with van der Waals surface area (Å²) < 4.78 is 0. The Kier molecular flexibility index (Phi) is 14.4. The van der Waals surface area contributed by atoms with Crippen LogP contribution in [0.2, 0.25) is 12.1 Å². The van der Waals surface area contributed by atoms with Crippen LogP contribution < -0.4 is 34.6 Å². The van der Waals surface area contributed by atoms with Gasteiger partial charge in [-0.1, -0.05) is 66.7 Å². The third kappa shape index (κ3) is 9.00. The first-order valence-corrected chi connectivity index (χ1v) is 16.7. The monoisotopic (exact) mass is 599 g/mol. The van der Waals surface area contributed by atoms with Crippen LogP contribution in [0.1, 0.15) is 13.8 Å². The van der Waals surface area contributed by atoms with Crippen LogP contribution >= 0.6 is 0 Å². The van der Waals surface area contributed by atoms with Crippen molar-refractivity contribution in [1.82, 2.24) is 0 Å². The molecule has 0 saturated carbocycles.